The molecule has 0 radical (unpaired) electrons. The fraction of sp³-hybridized carbons (Fsp3) is 0.111. The number of hydrogen-bond donors (Lipinski definition) is 1. The minimum atomic E-state index is -0.275. The Balaban J connectivity index is 2.68. The number of benzene rings is 1. The van der Waals surface area contributed by atoms with E-state index in [0.29, 0.717) is 0 Å². The Kier molecular flexibility index (Phi) is 3.42. The van der Waals surface area contributed by atoms with Crippen molar-refractivity contribution in [1.82, 2.24) is 0 Å². The van der Waals surface area contributed by atoms with Gasteiger partial charge in [-0.1, -0.05) is 24.3 Å². The van der Waals surface area contributed by atoms with E-state index < -0.39 is 0 Å². The van der Waals surface area contributed by atoms with E-state index in [1.165, 1.54) is 11.8 Å². The van der Waals surface area contributed by atoms with Crippen LogP contribution in [0.4, 0.5) is 0 Å². The molecule has 0 atom stereocenters. The predicted octanol–water partition coefficient (Wildman–Crippen LogP) is 1.24. The van der Waals surface area contributed by atoms with E-state index in [-0.39, 0.29) is 7.69 Å². The molecule has 0 saturated heterocycles. The normalized spacial score (nSPS) is 10.2. The van der Waals surface area contributed by atoms with Crippen LogP contribution in [0, 0.1) is 6.92 Å². The monoisotopic (exact) mass is 162 g/mol. The average molecular weight is 162 g/mol. The van der Waals surface area contributed by atoms with Gasteiger partial charge in [-0.2, -0.15) is 0 Å². The maximum Gasteiger partial charge on any atom is 0.503 e. The Bertz CT molecular complexity index is 271. The molecule has 0 aliphatic heterocycles. The summed E-state index contributed by atoms with van der Waals surface area (Å²) in [4.78, 5) is 0. The van der Waals surface area contributed by atoms with Gasteiger partial charge in [0.15, 0.2) is 0 Å². The molecule has 62 valence electrons. The number of rotatable bonds is 3. The first-order valence-electron chi connectivity index (χ1n) is 3.79. The van der Waals surface area contributed by atoms with Crippen LogP contribution in [0.2, 0.25) is 0 Å². The topological polar surface area (TPSA) is 29.5 Å². The van der Waals surface area contributed by atoms with Crippen LogP contribution in [0.5, 0.6) is 0 Å². The SMILES string of the molecule is Cc1ccccc1/C=C/OBO. The predicted molar refractivity (Wildman–Crippen MR) is 50.7 cm³/mol. The quantitative estimate of drug-likeness (QED) is 0.535. The average Bonchev–Trinajstić information content (AvgIpc) is 2.09. The zero-order valence-electron chi connectivity index (χ0n) is 7.03. The molecular weight excluding hydrogens is 151 g/mol. The van der Waals surface area contributed by atoms with E-state index in [9.17, 15) is 0 Å². The van der Waals surface area contributed by atoms with Gasteiger partial charge in [0.05, 0.1) is 6.26 Å². The molecular formula is C9H11BO2. The highest BCUT2D eigenvalue weighted by molar-refractivity contribution is 6.16. The van der Waals surface area contributed by atoms with Crippen LogP contribution in [0.3, 0.4) is 0 Å². The Hall–Kier alpha value is -1.22. The first kappa shape index (κ1) is 8.88. The Labute approximate surface area is 72.8 Å². The van der Waals surface area contributed by atoms with Gasteiger partial charge in [-0.05, 0) is 24.1 Å². The second-order valence-corrected chi connectivity index (χ2v) is 2.46. The molecule has 0 aliphatic carbocycles. The minimum absolute atomic E-state index is 0.275. The number of hydrogen-bond acceptors (Lipinski definition) is 2. The van der Waals surface area contributed by atoms with Crippen molar-refractivity contribution in [3.63, 3.8) is 0 Å². The van der Waals surface area contributed by atoms with Crippen molar-refractivity contribution in [3.8, 4) is 0 Å². The summed E-state index contributed by atoms with van der Waals surface area (Å²) in [6, 6.07) is 7.97. The summed E-state index contributed by atoms with van der Waals surface area (Å²) < 4.78 is 4.67. The van der Waals surface area contributed by atoms with Crippen molar-refractivity contribution in [2.24, 2.45) is 0 Å². The molecule has 0 bridgehead atoms. The summed E-state index contributed by atoms with van der Waals surface area (Å²) in [7, 11) is -0.275. The third-order valence-electron chi connectivity index (χ3n) is 1.61. The van der Waals surface area contributed by atoms with Gasteiger partial charge in [0.1, 0.15) is 0 Å². The molecule has 0 aliphatic rings. The third-order valence-corrected chi connectivity index (χ3v) is 1.61. The zero-order chi connectivity index (χ0) is 8.81. The van der Waals surface area contributed by atoms with Crippen molar-refractivity contribution in [2.45, 2.75) is 6.92 Å². The molecule has 0 aromatic heterocycles. The lowest BCUT2D eigenvalue weighted by Crippen LogP contribution is -1.87. The summed E-state index contributed by atoms with van der Waals surface area (Å²) in [5.74, 6) is 0. The van der Waals surface area contributed by atoms with Crippen LogP contribution >= 0.6 is 0 Å². The van der Waals surface area contributed by atoms with Crippen molar-refractivity contribution in [3.05, 3.63) is 41.7 Å². The fourth-order valence-corrected chi connectivity index (χ4v) is 0.938. The molecule has 1 aromatic carbocycles. The lowest BCUT2D eigenvalue weighted by Gasteiger charge is -1.97. The van der Waals surface area contributed by atoms with Crippen LogP contribution in [0.15, 0.2) is 30.5 Å². The Morgan fingerprint density at radius 1 is 1.42 bits per heavy atom. The highest BCUT2D eigenvalue weighted by atomic mass is 16.5. The first-order chi connectivity index (χ1) is 5.84. The largest absolute Gasteiger partial charge is 0.545 e. The van der Waals surface area contributed by atoms with Gasteiger partial charge in [0, 0.05) is 0 Å². The zero-order valence-corrected chi connectivity index (χ0v) is 7.03. The lowest BCUT2D eigenvalue weighted by molar-refractivity contribution is 0.408. The molecule has 0 heterocycles. The van der Waals surface area contributed by atoms with Gasteiger partial charge >= 0.3 is 7.69 Å². The molecule has 1 rings (SSSR count). The minimum Gasteiger partial charge on any atom is -0.545 e. The molecule has 1 N–H and O–H groups in total. The van der Waals surface area contributed by atoms with Gasteiger partial charge in [0.25, 0.3) is 0 Å². The molecule has 0 spiro atoms. The Morgan fingerprint density at radius 2 is 2.17 bits per heavy atom. The second kappa shape index (κ2) is 4.62. The summed E-state index contributed by atoms with van der Waals surface area (Å²) in [5.41, 5.74) is 2.29. The number of aryl methyl sites for hydroxylation is 1. The maximum atomic E-state index is 8.34. The summed E-state index contributed by atoms with van der Waals surface area (Å²) in [5, 5.41) is 8.34. The van der Waals surface area contributed by atoms with E-state index in [1.54, 1.807) is 0 Å². The van der Waals surface area contributed by atoms with E-state index >= 15 is 0 Å². The second-order valence-electron chi connectivity index (χ2n) is 2.46. The molecule has 0 saturated carbocycles. The van der Waals surface area contributed by atoms with Crippen molar-refractivity contribution in [1.29, 1.82) is 0 Å². The van der Waals surface area contributed by atoms with Gasteiger partial charge in [0.2, 0.25) is 0 Å². The summed E-state index contributed by atoms with van der Waals surface area (Å²) >= 11 is 0. The molecule has 2 nitrogen and oxygen atoms in total. The maximum absolute atomic E-state index is 8.34. The molecule has 0 amide bonds. The van der Waals surface area contributed by atoms with Crippen LogP contribution in [0.25, 0.3) is 6.08 Å². The summed E-state index contributed by atoms with van der Waals surface area (Å²) in [6.45, 7) is 2.03. The summed E-state index contributed by atoms with van der Waals surface area (Å²) in [6.07, 6.45) is 3.31. The standard InChI is InChI=1S/C9H11BO2/c1-8-4-2-3-5-9(8)6-7-12-10-11/h2-7,10-11H,1H3/b7-6+. The van der Waals surface area contributed by atoms with Gasteiger partial charge < -0.3 is 9.68 Å². The molecule has 3 heteroatoms. The van der Waals surface area contributed by atoms with Crippen molar-refractivity contribution in [2.75, 3.05) is 0 Å². The molecule has 12 heavy (non-hydrogen) atoms. The van der Waals surface area contributed by atoms with Crippen LogP contribution in [-0.4, -0.2) is 12.7 Å². The van der Waals surface area contributed by atoms with E-state index in [0.717, 1.165) is 5.56 Å². The van der Waals surface area contributed by atoms with E-state index in [4.69, 9.17) is 5.02 Å². The molecule has 0 unspecified atom stereocenters. The lowest BCUT2D eigenvalue weighted by atomic mass is 10.1. The van der Waals surface area contributed by atoms with Crippen molar-refractivity contribution >= 4 is 13.8 Å². The van der Waals surface area contributed by atoms with Crippen LogP contribution in [0.1, 0.15) is 11.1 Å². The van der Waals surface area contributed by atoms with Gasteiger partial charge in [-0.15, -0.1) is 0 Å². The third kappa shape index (κ3) is 2.44. The molecule has 1 aromatic rings. The van der Waals surface area contributed by atoms with Gasteiger partial charge in [-0.25, -0.2) is 0 Å². The van der Waals surface area contributed by atoms with Crippen LogP contribution < -0.4 is 0 Å². The molecule has 0 fully saturated rings. The van der Waals surface area contributed by atoms with Gasteiger partial charge in [-0.3, -0.25) is 0 Å². The Morgan fingerprint density at radius 3 is 2.83 bits per heavy atom. The highest BCUT2D eigenvalue weighted by Crippen LogP contribution is 2.08. The smallest absolute Gasteiger partial charge is 0.503 e. The fourth-order valence-electron chi connectivity index (χ4n) is 0.938. The van der Waals surface area contributed by atoms with E-state index in [2.05, 4.69) is 4.65 Å². The first-order valence-corrected chi connectivity index (χ1v) is 3.79. The van der Waals surface area contributed by atoms with E-state index in [1.807, 2.05) is 37.3 Å². The van der Waals surface area contributed by atoms with Crippen LogP contribution in [-0.2, 0) is 4.65 Å². The van der Waals surface area contributed by atoms with Crippen molar-refractivity contribution < 1.29 is 9.68 Å². The highest BCUT2D eigenvalue weighted by Gasteiger charge is 1.89.